The second-order valence-electron chi connectivity index (χ2n) is 4.77. The molecule has 4 heteroatoms. The number of ether oxygens (including phenoxy) is 2. The van der Waals surface area contributed by atoms with Crippen molar-refractivity contribution in [3.8, 4) is 11.5 Å². The van der Waals surface area contributed by atoms with Crippen molar-refractivity contribution in [3.05, 3.63) is 59.0 Å². The lowest BCUT2D eigenvalue weighted by molar-refractivity contribution is 0.397. The Hall–Kier alpha value is -2.04. The fourth-order valence-corrected chi connectivity index (χ4v) is 3.48. The molecular formula is C17H17NO2S. The Bertz CT molecular complexity index is 733. The van der Waals surface area contributed by atoms with Crippen molar-refractivity contribution in [2.75, 3.05) is 14.2 Å². The van der Waals surface area contributed by atoms with Gasteiger partial charge in [-0.2, -0.15) is 0 Å². The van der Waals surface area contributed by atoms with Crippen molar-refractivity contribution in [3.63, 3.8) is 0 Å². The molecule has 0 bridgehead atoms. The van der Waals surface area contributed by atoms with Crippen LogP contribution >= 0.6 is 11.3 Å². The largest absolute Gasteiger partial charge is 0.497 e. The third-order valence-electron chi connectivity index (χ3n) is 3.52. The monoisotopic (exact) mass is 299 g/mol. The van der Waals surface area contributed by atoms with Crippen molar-refractivity contribution >= 4 is 21.4 Å². The second kappa shape index (κ2) is 5.76. The molecule has 0 spiro atoms. The van der Waals surface area contributed by atoms with Crippen LogP contribution in [0.15, 0.2) is 48.5 Å². The highest BCUT2D eigenvalue weighted by molar-refractivity contribution is 7.19. The maximum atomic E-state index is 6.45. The molecule has 0 saturated carbocycles. The van der Waals surface area contributed by atoms with Gasteiger partial charge >= 0.3 is 0 Å². The van der Waals surface area contributed by atoms with Gasteiger partial charge in [0.15, 0.2) is 0 Å². The number of methoxy groups -OCH3 is 2. The summed E-state index contributed by atoms with van der Waals surface area (Å²) in [6.07, 6.45) is 0. The van der Waals surface area contributed by atoms with E-state index in [0.717, 1.165) is 21.9 Å². The van der Waals surface area contributed by atoms with Gasteiger partial charge in [-0.25, -0.2) is 0 Å². The lowest BCUT2D eigenvalue weighted by Crippen LogP contribution is -2.11. The molecule has 3 rings (SSSR count). The normalized spacial score (nSPS) is 12.3. The van der Waals surface area contributed by atoms with Crippen LogP contribution < -0.4 is 15.2 Å². The quantitative estimate of drug-likeness (QED) is 0.793. The topological polar surface area (TPSA) is 44.5 Å². The van der Waals surface area contributed by atoms with Crippen LogP contribution in [0.3, 0.4) is 0 Å². The van der Waals surface area contributed by atoms with Crippen LogP contribution in [0.1, 0.15) is 16.5 Å². The van der Waals surface area contributed by atoms with Gasteiger partial charge in [-0.3, -0.25) is 0 Å². The molecule has 3 aromatic rings. The van der Waals surface area contributed by atoms with Crippen LogP contribution in [0, 0.1) is 0 Å². The van der Waals surface area contributed by atoms with Crippen LogP contribution in [0.25, 0.3) is 10.1 Å². The molecule has 0 saturated heterocycles. The molecule has 1 atom stereocenters. The molecule has 1 heterocycles. The zero-order chi connectivity index (χ0) is 14.8. The Balaban J connectivity index is 2.06. The standard InChI is InChI=1S/C17H17NO2S/c1-19-12-7-8-14(20-2)13(10-12)17(18)16-9-11-5-3-4-6-15(11)21-16/h3-10,17H,18H2,1-2H3. The number of rotatable bonds is 4. The number of hydrogen-bond acceptors (Lipinski definition) is 4. The predicted molar refractivity (Wildman–Crippen MR) is 87.4 cm³/mol. The van der Waals surface area contributed by atoms with Gasteiger partial charge < -0.3 is 15.2 Å². The van der Waals surface area contributed by atoms with Gasteiger partial charge in [0.25, 0.3) is 0 Å². The third kappa shape index (κ3) is 2.60. The number of benzene rings is 2. The van der Waals surface area contributed by atoms with Gasteiger partial charge in [-0.1, -0.05) is 18.2 Å². The summed E-state index contributed by atoms with van der Waals surface area (Å²) in [5, 5.41) is 1.22. The summed E-state index contributed by atoms with van der Waals surface area (Å²) < 4.78 is 12.0. The first-order chi connectivity index (χ1) is 10.2. The second-order valence-corrected chi connectivity index (χ2v) is 5.89. The van der Waals surface area contributed by atoms with E-state index in [1.54, 1.807) is 25.6 Å². The fourth-order valence-electron chi connectivity index (χ4n) is 2.39. The van der Waals surface area contributed by atoms with E-state index in [1.807, 2.05) is 30.3 Å². The molecule has 21 heavy (non-hydrogen) atoms. The van der Waals surface area contributed by atoms with Crippen LogP contribution in [0.5, 0.6) is 11.5 Å². The minimum absolute atomic E-state index is 0.229. The van der Waals surface area contributed by atoms with Crippen molar-refractivity contribution in [2.24, 2.45) is 5.73 Å². The molecule has 0 fully saturated rings. The summed E-state index contributed by atoms with van der Waals surface area (Å²) in [5.41, 5.74) is 7.39. The zero-order valence-corrected chi connectivity index (χ0v) is 12.8. The third-order valence-corrected chi connectivity index (χ3v) is 4.72. The summed E-state index contributed by atoms with van der Waals surface area (Å²) >= 11 is 1.71. The average Bonchev–Trinajstić information content (AvgIpc) is 2.97. The zero-order valence-electron chi connectivity index (χ0n) is 12.0. The van der Waals surface area contributed by atoms with Gasteiger partial charge in [0.2, 0.25) is 0 Å². The molecule has 2 N–H and O–H groups in total. The van der Waals surface area contributed by atoms with Gasteiger partial charge in [-0.05, 0) is 35.7 Å². The molecular weight excluding hydrogens is 282 g/mol. The number of fused-ring (bicyclic) bond motifs is 1. The fraction of sp³-hybridized carbons (Fsp3) is 0.176. The Morgan fingerprint density at radius 3 is 2.52 bits per heavy atom. The van der Waals surface area contributed by atoms with Gasteiger partial charge in [0.1, 0.15) is 11.5 Å². The smallest absolute Gasteiger partial charge is 0.124 e. The van der Waals surface area contributed by atoms with Gasteiger partial charge in [0.05, 0.1) is 20.3 Å². The lowest BCUT2D eigenvalue weighted by atomic mass is 10.0. The van der Waals surface area contributed by atoms with Crippen LogP contribution in [-0.4, -0.2) is 14.2 Å². The summed E-state index contributed by atoms with van der Waals surface area (Å²) in [6.45, 7) is 0. The van der Waals surface area contributed by atoms with E-state index >= 15 is 0 Å². The van der Waals surface area contributed by atoms with Crippen molar-refractivity contribution in [2.45, 2.75) is 6.04 Å². The first-order valence-electron chi connectivity index (χ1n) is 6.69. The minimum Gasteiger partial charge on any atom is -0.497 e. The van der Waals surface area contributed by atoms with E-state index in [1.165, 1.54) is 10.1 Å². The average molecular weight is 299 g/mol. The number of hydrogen-bond donors (Lipinski definition) is 1. The van der Waals surface area contributed by atoms with Crippen molar-refractivity contribution < 1.29 is 9.47 Å². The Morgan fingerprint density at radius 1 is 1.00 bits per heavy atom. The number of thiophene rings is 1. The van der Waals surface area contributed by atoms with E-state index in [2.05, 4.69) is 18.2 Å². The van der Waals surface area contributed by atoms with E-state index < -0.39 is 0 Å². The van der Waals surface area contributed by atoms with E-state index in [9.17, 15) is 0 Å². The SMILES string of the molecule is COc1ccc(OC)c(C(N)c2cc3ccccc3s2)c1. The summed E-state index contributed by atoms with van der Waals surface area (Å²) in [5.74, 6) is 1.56. The molecule has 0 aliphatic carbocycles. The summed E-state index contributed by atoms with van der Waals surface area (Å²) in [4.78, 5) is 1.11. The van der Waals surface area contributed by atoms with E-state index in [0.29, 0.717) is 0 Å². The van der Waals surface area contributed by atoms with Crippen LogP contribution in [-0.2, 0) is 0 Å². The van der Waals surface area contributed by atoms with Gasteiger partial charge in [0, 0.05) is 15.1 Å². The molecule has 3 nitrogen and oxygen atoms in total. The minimum atomic E-state index is -0.229. The number of nitrogens with two attached hydrogens (primary N) is 1. The highest BCUT2D eigenvalue weighted by Gasteiger charge is 2.17. The molecule has 2 aromatic carbocycles. The first-order valence-corrected chi connectivity index (χ1v) is 7.50. The molecule has 0 aliphatic heterocycles. The van der Waals surface area contributed by atoms with Crippen molar-refractivity contribution in [1.29, 1.82) is 0 Å². The first kappa shape index (κ1) is 13.9. The summed E-state index contributed by atoms with van der Waals surface area (Å²) in [6, 6.07) is 15.9. The molecule has 0 amide bonds. The Kier molecular flexibility index (Phi) is 3.82. The molecule has 0 radical (unpaired) electrons. The van der Waals surface area contributed by atoms with Crippen LogP contribution in [0.4, 0.5) is 0 Å². The highest BCUT2D eigenvalue weighted by Crippen LogP contribution is 2.36. The maximum Gasteiger partial charge on any atom is 0.124 e. The maximum absolute atomic E-state index is 6.45. The van der Waals surface area contributed by atoms with E-state index in [-0.39, 0.29) is 6.04 Å². The van der Waals surface area contributed by atoms with Gasteiger partial charge in [-0.15, -0.1) is 11.3 Å². The molecule has 1 aromatic heterocycles. The predicted octanol–water partition coefficient (Wildman–Crippen LogP) is 3.97. The van der Waals surface area contributed by atoms with Crippen molar-refractivity contribution in [1.82, 2.24) is 0 Å². The van der Waals surface area contributed by atoms with Crippen LogP contribution in [0.2, 0.25) is 0 Å². The lowest BCUT2D eigenvalue weighted by Gasteiger charge is -2.15. The molecule has 1 unspecified atom stereocenters. The molecule has 0 aliphatic rings. The summed E-state index contributed by atoms with van der Waals surface area (Å²) in [7, 11) is 3.31. The Labute approximate surface area is 127 Å². The Morgan fingerprint density at radius 2 is 1.81 bits per heavy atom. The molecule has 108 valence electrons. The highest BCUT2D eigenvalue weighted by atomic mass is 32.1. The van der Waals surface area contributed by atoms with E-state index in [4.69, 9.17) is 15.2 Å².